The van der Waals surface area contributed by atoms with Crippen LogP contribution in [0.25, 0.3) is 0 Å². The minimum Gasteiger partial charge on any atom is -0.303 e. The van der Waals surface area contributed by atoms with Crippen molar-refractivity contribution in [3.63, 3.8) is 0 Å². The molecule has 1 saturated carbocycles. The maximum absolute atomic E-state index is 13.1. The summed E-state index contributed by atoms with van der Waals surface area (Å²) in [5.74, 6) is 0.486. The van der Waals surface area contributed by atoms with E-state index < -0.39 is 0 Å². The summed E-state index contributed by atoms with van der Waals surface area (Å²) in [6.45, 7) is 2.40. The number of carbonyl (C=O) groups excluding carboxylic acids is 2. The molecule has 2 amide bonds. The lowest BCUT2D eigenvalue weighted by Crippen LogP contribution is -2.41. The second kappa shape index (κ2) is 7.64. The van der Waals surface area contributed by atoms with Crippen molar-refractivity contribution >= 4 is 35.2 Å². The van der Waals surface area contributed by atoms with Crippen molar-refractivity contribution in [3.05, 3.63) is 40.7 Å². The predicted molar refractivity (Wildman–Crippen MR) is 104 cm³/mol. The molecule has 6 nitrogen and oxygen atoms in total. The Morgan fingerprint density at radius 1 is 1.15 bits per heavy atom. The number of imide groups is 1. The molecule has 0 unspecified atom stereocenters. The summed E-state index contributed by atoms with van der Waals surface area (Å²) in [6, 6.07) is 7.13. The van der Waals surface area contributed by atoms with Gasteiger partial charge in [0.25, 0.3) is 5.91 Å². The third kappa shape index (κ3) is 3.89. The van der Waals surface area contributed by atoms with Crippen LogP contribution in [0, 0.1) is 6.92 Å². The summed E-state index contributed by atoms with van der Waals surface area (Å²) in [4.78, 5) is 27.4. The van der Waals surface area contributed by atoms with Crippen LogP contribution < -0.4 is 0 Å². The molecule has 8 heteroatoms. The van der Waals surface area contributed by atoms with Gasteiger partial charge < -0.3 is 4.57 Å². The minimum atomic E-state index is -0.315. The Kier molecular flexibility index (Phi) is 5.23. The molecule has 2 heterocycles. The Hall–Kier alpha value is -1.86. The van der Waals surface area contributed by atoms with Crippen LogP contribution in [-0.2, 0) is 4.79 Å². The van der Waals surface area contributed by atoms with E-state index in [4.69, 9.17) is 11.6 Å². The van der Waals surface area contributed by atoms with Gasteiger partial charge in [-0.15, -0.1) is 10.2 Å². The summed E-state index contributed by atoms with van der Waals surface area (Å²) in [6.07, 6.45) is 4.73. The van der Waals surface area contributed by atoms with E-state index in [9.17, 15) is 9.59 Å². The average molecular weight is 405 g/mol. The number of hydrogen-bond donors (Lipinski definition) is 0. The van der Waals surface area contributed by atoms with Gasteiger partial charge in [-0.25, -0.2) is 0 Å². The molecule has 1 aliphatic carbocycles. The quantitative estimate of drug-likeness (QED) is 0.723. The van der Waals surface area contributed by atoms with E-state index in [1.165, 1.54) is 16.7 Å². The number of amides is 2. The summed E-state index contributed by atoms with van der Waals surface area (Å²) < 4.78 is 2.13. The molecule has 0 radical (unpaired) electrons. The van der Waals surface area contributed by atoms with Gasteiger partial charge in [0.05, 0.1) is 5.25 Å². The van der Waals surface area contributed by atoms with Gasteiger partial charge in [0.15, 0.2) is 5.16 Å². The van der Waals surface area contributed by atoms with Gasteiger partial charge in [0.1, 0.15) is 5.82 Å². The molecule has 27 heavy (non-hydrogen) atoms. The van der Waals surface area contributed by atoms with E-state index in [1.54, 1.807) is 24.3 Å². The van der Waals surface area contributed by atoms with Crippen LogP contribution in [0.4, 0.5) is 0 Å². The highest BCUT2D eigenvalue weighted by atomic mass is 35.5. The zero-order chi connectivity index (χ0) is 19.0. The molecular weight excluding hydrogens is 384 g/mol. The normalized spacial score (nSPS) is 20.6. The summed E-state index contributed by atoms with van der Waals surface area (Å²) in [7, 11) is 0. The van der Waals surface area contributed by atoms with E-state index in [0.29, 0.717) is 23.2 Å². The molecule has 142 valence electrons. The molecule has 4 rings (SSSR count). The lowest BCUT2D eigenvalue weighted by Gasteiger charge is -2.22. The van der Waals surface area contributed by atoms with Crippen molar-refractivity contribution in [1.82, 2.24) is 19.7 Å². The third-order valence-electron chi connectivity index (χ3n) is 4.97. The molecular formula is C19H21ClN4O2S. The SMILES string of the molecule is Cc1nnc(S[C@H]2CCCCN(C(=O)c3ccc(Cl)cc3)C2=O)n1C1CC1. The molecule has 2 aliphatic rings. The van der Waals surface area contributed by atoms with Gasteiger partial charge in [-0.2, -0.15) is 0 Å². The number of rotatable bonds is 4. The van der Waals surface area contributed by atoms with E-state index in [-0.39, 0.29) is 17.1 Å². The number of carbonyl (C=O) groups is 2. The first-order valence-electron chi connectivity index (χ1n) is 9.24. The highest BCUT2D eigenvalue weighted by Gasteiger charge is 2.35. The number of likely N-dealkylation sites (tertiary alicyclic amines) is 1. The van der Waals surface area contributed by atoms with Crippen molar-refractivity contribution in [1.29, 1.82) is 0 Å². The second-order valence-electron chi connectivity index (χ2n) is 7.04. The molecule has 0 spiro atoms. The largest absolute Gasteiger partial charge is 0.303 e. The van der Waals surface area contributed by atoms with Crippen molar-refractivity contribution in [2.24, 2.45) is 0 Å². The van der Waals surface area contributed by atoms with Crippen molar-refractivity contribution in [2.75, 3.05) is 6.54 Å². The minimum absolute atomic E-state index is 0.138. The zero-order valence-electron chi connectivity index (χ0n) is 15.1. The molecule has 1 atom stereocenters. The Balaban J connectivity index is 1.54. The molecule has 2 aromatic rings. The number of hydrogen-bond acceptors (Lipinski definition) is 5. The Morgan fingerprint density at radius 3 is 2.59 bits per heavy atom. The number of halogens is 1. The van der Waals surface area contributed by atoms with Gasteiger partial charge in [-0.05, 0) is 56.9 Å². The molecule has 1 aromatic carbocycles. The number of aromatic nitrogens is 3. The van der Waals surface area contributed by atoms with Gasteiger partial charge in [-0.1, -0.05) is 29.8 Å². The fourth-order valence-electron chi connectivity index (χ4n) is 3.38. The number of aryl methyl sites for hydroxylation is 1. The van der Waals surface area contributed by atoms with Crippen molar-refractivity contribution in [2.45, 2.75) is 55.5 Å². The van der Waals surface area contributed by atoms with Gasteiger partial charge in [0.2, 0.25) is 5.91 Å². The van der Waals surface area contributed by atoms with Crippen LogP contribution in [0.1, 0.15) is 54.3 Å². The van der Waals surface area contributed by atoms with Crippen LogP contribution in [0.3, 0.4) is 0 Å². The lowest BCUT2D eigenvalue weighted by molar-refractivity contribution is -0.127. The van der Waals surface area contributed by atoms with Crippen LogP contribution in [0.15, 0.2) is 29.4 Å². The topological polar surface area (TPSA) is 68.1 Å². The van der Waals surface area contributed by atoms with Crippen LogP contribution in [-0.4, -0.2) is 43.3 Å². The average Bonchev–Trinajstić information content (AvgIpc) is 3.45. The van der Waals surface area contributed by atoms with Crippen LogP contribution in [0.2, 0.25) is 5.02 Å². The highest BCUT2D eigenvalue weighted by Crippen LogP contribution is 2.40. The number of benzene rings is 1. The monoisotopic (exact) mass is 404 g/mol. The molecule has 0 bridgehead atoms. The van der Waals surface area contributed by atoms with E-state index >= 15 is 0 Å². The first-order chi connectivity index (χ1) is 13.0. The summed E-state index contributed by atoms with van der Waals surface area (Å²) in [5.41, 5.74) is 0.482. The first kappa shape index (κ1) is 18.5. The van der Waals surface area contributed by atoms with Crippen molar-refractivity contribution < 1.29 is 9.59 Å². The van der Waals surface area contributed by atoms with Gasteiger partial charge >= 0.3 is 0 Å². The Morgan fingerprint density at radius 2 is 1.89 bits per heavy atom. The molecule has 1 aromatic heterocycles. The predicted octanol–water partition coefficient (Wildman–Crippen LogP) is 3.89. The summed E-state index contributed by atoms with van der Waals surface area (Å²) >= 11 is 7.35. The first-order valence-corrected chi connectivity index (χ1v) is 10.5. The fourth-order valence-corrected chi connectivity index (χ4v) is 4.75. The summed E-state index contributed by atoms with van der Waals surface area (Å²) in [5, 5.41) is 9.51. The molecule has 1 saturated heterocycles. The zero-order valence-corrected chi connectivity index (χ0v) is 16.7. The Labute approximate surface area is 167 Å². The van der Waals surface area contributed by atoms with Crippen LogP contribution >= 0.6 is 23.4 Å². The molecule has 0 N–H and O–H groups in total. The van der Waals surface area contributed by atoms with E-state index in [1.807, 2.05) is 6.92 Å². The molecule has 2 fully saturated rings. The van der Waals surface area contributed by atoms with Crippen molar-refractivity contribution in [3.8, 4) is 0 Å². The lowest BCUT2D eigenvalue weighted by atomic mass is 10.2. The fraction of sp³-hybridized carbons (Fsp3) is 0.474. The standard InChI is InChI=1S/C19H21ClN4O2S/c1-12-21-22-19(24(12)15-9-10-15)27-16-4-2-3-11-23(18(16)26)17(25)13-5-7-14(20)8-6-13/h5-8,15-16H,2-4,9-11H2,1H3/t16-/m0/s1. The number of thioether (sulfide) groups is 1. The second-order valence-corrected chi connectivity index (χ2v) is 8.64. The van der Waals surface area contributed by atoms with Gasteiger partial charge in [0, 0.05) is 23.2 Å². The molecule has 1 aliphatic heterocycles. The smallest absolute Gasteiger partial charge is 0.260 e. The highest BCUT2D eigenvalue weighted by molar-refractivity contribution is 8.00. The van der Waals surface area contributed by atoms with E-state index in [2.05, 4.69) is 14.8 Å². The third-order valence-corrected chi connectivity index (χ3v) is 6.43. The van der Waals surface area contributed by atoms with Crippen LogP contribution in [0.5, 0.6) is 0 Å². The maximum Gasteiger partial charge on any atom is 0.260 e. The maximum atomic E-state index is 13.1. The Bertz CT molecular complexity index is 863. The number of nitrogens with zero attached hydrogens (tertiary/aromatic N) is 4. The van der Waals surface area contributed by atoms with E-state index in [0.717, 1.165) is 43.1 Å². The van der Waals surface area contributed by atoms with Gasteiger partial charge in [-0.3, -0.25) is 14.5 Å².